The Balaban J connectivity index is 1.63. The van der Waals surface area contributed by atoms with E-state index in [1.807, 2.05) is 27.7 Å². The van der Waals surface area contributed by atoms with Gasteiger partial charge in [0.2, 0.25) is 5.91 Å². The SMILES string of the molecule is CC1(C)COP(=O)(C2NC(=O)CN(P3(=O)OCC(C)(C)CO3)[C@@H]3CCCC[C@@H]23)OC1. The van der Waals surface area contributed by atoms with Gasteiger partial charge in [-0.3, -0.25) is 18.4 Å². The Labute approximate surface area is 178 Å². The maximum Gasteiger partial charge on any atom is 0.408 e. The van der Waals surface area contributed by atoms with Crippen LogP contribution in [0.15, 0.2) is 0 Å². The Kier molecular flexibility index (Phi) is 6.07. The molecule has 0 spiro atoms. The highest BCUT2D eigenvalue weighted by molar-refractivity contribution is 7.54. The van der Waals surface area contributed by atoms with Crippen LogP contribution in [0.2, 0.25) is 0 Å². The highest BCUT2D eigenvalue weighted by Crippen LogP contribution is 2.64. The van der Waals surface area contributed by atoms with Gasteiger partial charge in [0, 0.05) is 22.8 Å². The summed E-state index contributed by atoms with van der Waals surface area (Å²) in [4.78, 5) is 12.9. The van der Waals surface area contributed by atoms with Gasteiger partial charge in [0.05, 0.1) is 33.0 Å². The molecule has 4 aliphatic rings. The summed E-state index contributed by atoms with van der Waals surface area (Å²) in [6.07, 6.45) is 3.33. The number of rotatable bonds is 2. The van der Waals surface area contributed by atoms with Gasteiger partial charge < -0.3 is 14.4 Å². The van der Waals surface area contributed by atoms with Gasteiger partial charge in [-0.25, -0.2) is 4.57 Å². The van der Waals surface area contributed by atoms with Crippen LogP contribution in [-0.2, 0) is 32.0 Å². The third-order valence-corrected chi connectivity index (χ3v) is 10.5. The fraction of sp³-hybridized carbons (Fsp3) is 0.947. The van der Waals surface area contributed by atoms with Crippen molar-refractivity contribution < 1.29 is 32.0 Å². The highest BCUT2D eigenvalue weighted by atomic mass is 31.2. The molecule has 0 radical (unpaired) electrons. The van der Waals surface area contributed by atoms with Crippen LogP contribution < -0.4 is 5.32 Å². The number of carbonyl (C=O) groups is 1. The molecule has 11 heteroatoms. The van der Waals surface area contributed by atoms with E-state index < -0.39 is 21.1 Å². The van der Waals surface area contributed by atoms with E-state index in [-0.39, 0.29) is 35.2 Å². The first-order chi connectivity index (χ1) is 13.9. The minimum Gasteiger partial charge on any atom is -0.341 e. The Morgan fingerprint density at radius 1 is 0.900 bits per heavy atom. The lowest BCUT2D eigenvalue weighted by Gasteiger charge is -2.46. The number of carbonyl (C=O) groups excluding carboxylic acids is 1. The maximum atomic E-state index is 13.7. The number of hydrogen-bond acceptors (Lipinski definition) is 7. The van der Waals surface area contributed by atoms with Crippen molar-refractivity contribution in [1.82, 2.24) is 9.99 Å². The van der Waals surface area contributed by atoms with Crippen molar-refractivity contribution in [3.8, 4) is 0 Å². The second-order valence-electron chi connectivity index (χ2n) is 10.6. The van der Waals surface area contributed by atoms with Crippen molar-refractivity contribution in [3.63, 3.8) is 0 Å². The van der Waals surface area contributed by atoms with Crippen LogP contribution in [0.25, 0.3) is 0 Å². The first-order valence-electron chi connectivity index (χ1n) is 10.8. The molecule has 30 heavy (non-hydrogen) atoms. The maximum absolute atomic E-state index is 13.7. The van der Waals surface area contributed by atoms with E-state index in [9.17, 15) is 13.9 Å². The van der Waals surface area contributed by atoms with Crippen molar-refractivity contribution in [3.05, 3.63) is 0 Å². The summed E-state index contributed by atoms with van der Waals surface area (Å²) < 4.78 is 52.0. The third-order valence-electron chi connectivity index (χ3n) is 6.35. The summed E-state index contributed by atoms with van der Waals surface area (Å²) in [6.45, 7) is 9.00. The summed E-state index contributed by atoms with van der Waals surface area (Å²) in [5.74, 6) is -1.34. The van der Waals surface area contributed by atoms with Crippen molar-refractivity contribution in [1.29, 1.82) is 0 Å². The fourth-order valence-corrected chi connectivity index (χ4v) is 9.47. The largest absolute Gasteiger partial charge is 0.408 e. The molecule has 0 aromatic heterocycles. The van der Waals surface area contributed by atoms with Crippen LogP contribution >= 0.6 is 15.3 Å². The molecule has 3 atom stereocenters. The van der Waals surface area contributed by atoms with Crippen LogP contribution in [0.1, 0.15) is 53.4 Å². The average Bonchev–Trinajstić information content (AvgIpc) is 2.85. The lowest BCUT2D eigenvalue weighted by Crippen LogP contribution is -2.48. The van der Waals surface area contributed by atoms with Crippen LogP contribution in [0.5, 0.6) is 0 Å². The van der Waals surface area contributed by atoms with Crippen LogP contribution in [0.3, 0.4) is 0 Å². The van der Waals surface area contributed by atoms with E-state index >= 15 is 0 Å². The molecular formula is C19H34N2O7P2. The average molecular weight is 464 g/mol. The monoisotopic (exact) mass is 464 g/mol. The molecule has 3 heterocycles. The molecule has 172 valence electrons. The van der Waals surface area contributed by atoms with Gasteiger partial charge in [0.25, 0.3) is 0 Å². The predicted octanol–water partition coefficient (Wildman–Crippen LogP) is 3.75. The van der Waals surface area contributed by atoms with Gasteiger partial charge in [0.15, 0.2) is 0 Å². The highest BCUT2D eigenvalue weighted by Gasteiger charge is 2.56. The summed E-state index contributed by atoms with van der Waals surface area (Å²) >= 11 is 0. The van der Waals surface area contributed by atoms with E-state index in [0.717, 1.165) is 25.7 Å². The second kappa shape index (κ2) is 7.95. The predicted molar refractivity (Wildman–Crippen MR) is 111 cm³/mol. The van der Waals surface area contributed by atoms with Crippen molar-refractivity contribution in [2.24, 2.45) is 16.7 Å². The molecule has 3 saturated heterocycles. The van der Waals surface area contributed by atoms with Gasteiger partial charge in [-0.05, 0) is 12.8 Å². The summed E-state index contributed by atoms with van der Waals surface area (Å²) in [7, 11) is -7.19. The molecule has 3 aliphatic heterocycles. The second-order valence-corrected chi connectivity index (χ2v) is 14.7. The molecule has 4 rings (SSSR count). The smallest absolute Gasteiger partial charge is 0.341 e. The summed E-state index contributed by atoms with van der Waals surface area (Å²) in [5.41, 5.74) is -0.473. The molecule has 9 nitrogen and oxygen atoms in total. The molecule has 0 aromatic rings. The van der Waals surface area contributed by atoms with Crippen LogP contribution in [0.4, 0.5) is 0 Å². The number of amides is 1. The van der Waals surface area contributed by atoms with Gasteiger partial charge >= 0.3 is 15.3 Å². The third kappa shape index (κ3) is 4.45. The number of nitrogens with one attached hydrogen (secondary N) is 1. The van der Waals surface area contributed by atoms with Crippen LogP contribution in [0, 0.1) is 16.7 Å². The molecule has 1 N–H and O–H groups in total. The van der Waals surface area contributed by atoms with Gasteiger partial charge in [0.1, 0.15) is 5.78 Å². The molecular weight excluding hydrogens is 430 g/mol. The standard InChI is InChI=1S/C19H34N2O7P2/c1-18(2)10-25-29(23,26-11-18)17-14-7-5-6-8-15(14)21(9-16(22)20-17)30(24)27-12-19(3,4)13-28-30/h14-15,17H,5-13H2,1-4H3,(H,20,22)/t14-,15-,17?/m1/s1. The molecule has 1 saturated carbocycles. The van der Waals surface area contributed by atoms with E-state index in [4.69, 9.17) is 18.1 Å². The van der Waals surface area contributed by atoms with E-state index in [1.165, 1.54) is 0 Å². The first-order valence-corrected chi connectivity index (χ1v) is 13.9. The summed E-state index contributed by atoms with van der Waals surface area (Å²) in [6, 6.07) is -0.261. The zero-order valence-corrected chi connectivity index (χ0v) is 20.1. The Bertz CT molecular complexity index is 697. The van der Waals surface area contributed by atoms with E-state index in [2.05, 4.69) is 5.32 Å². The lowest BCUT2D eigenvalue weighted by atomic mass is 9.84. The molecule has 1 aliphatic carbocycles. The van der Waals surface area contributed by atoms with E-state index in [0.29, 0.717) is 26.4 Å². The minimum absolute atomic E-state index is 0.124. The number of fused-ring (bicyclic) bond motifs is 1. The number of nitrogens with zero attached hydrogens (tertiary/aromatic N) is 1. The van der Waals surface area contributed by atoms with Crippen molar-refractivity contribution in [2.75, 3.05) is 33.0 Å². The molecule has 1 unspecified atom stereocenters. The number of hydrogen-bond donors (Lipinski definition) is 1. The zero-order valence-electron chi connectivity index (χ0n) is 18.3. The Morgan fingerprint density at radius 3 is 2.03 bits per heavy atom. The molecule has 0 aromatic carbocycles. The van der Waals surface area contributed by atoms with Gasteiger partial charge in [-0.15, -0.1) is 0 Å². The molecule has 4 fully saturated rings. The molecule has 0 bridgehead atoms. The fourth-order valence-electron chi connectivity index (χ4n) is 4.55. The van der Waals surface area contributed by atoms with Crippen molar-refractivity contribution >= 4 is 21.2 Å². The van der Waals surface area contributed by atoms with Gasteiger partial charge in [-0.1, -0.05) is 40.5 Å². The van der Waals surface area contributed by atoms with Crippen LogP contribution in [-0.4, -0.2) is 55.4 Å². The first kappa shape index (κ1) is 22.9. The normalized spacial score (nSPS) is 38.1. The zero-order chi connectivity index (χ0) is 21.8. The Hall–Kier alpha value is -0.270. The van der Waals surface area contributed by atoms with E-state index in [1.54, 1.807) is 4.67 Å². The van der Waals surface area contributed by atoms with Crippen molar-refractivity contribution in [2.45, 2.75) is 65.2 Å². The Morgan fingerprint density at radius 2 is 1.43 bits per heavy atom. The topological polar surface area (TPSA) is 103 Å². The lowest BCUT2D eigenvalue weighted by molar-refractivity contribution is -0.121. The minimum atomic E-state index is -3.63. The van der Waals surface area contributed by atoms with Gasteiger partial charge in [-0.2, -0.15) is 4.67 Å². The summed E-state index contributed by atoms with van der Waals surface area (Å²) in [5, 5.41) is 2.89. The quantitative estimate of drug-likeness (QED) is 0.617. The molecule has 1 amide bonds.